The summed E-state index contributed by atoms with van der Waals surface area (Å²) in [4.78, 5) is 4.38. The van der Waals surface area contributed by atoms with E-state index in [2.05, 4.69) is 9.71 Å². The van der Waals surface area contributed by atoms with Gasteiger partial charge in [0.2, 0.25) is 10.0 Å². The van der Waals surface area contributed by atoms with E-state index < -0.39 is 10.0 Å². The van der Waals surface area contributed by atoms with E-state index >= 15 is 0 Å². The predicted octanol–water partition coefficient (Wildman–Crippen LogP) is 2.28. The minimum absolute atomic E-state index is 0.0705. The number of anilines is 1. The SMILES string of the molecule is CC(CC1CC1)NS(=O)(=O)c1ccc(N)c2cccnc12. The van der Waals surface area contributed by atoms with Crippen molar-refractivity contribution in [1.82, 2.24) is 9.71 Å². The van der Waals surface area contributed by atoms with Crippen LogP contribution in [-0.2, 0) is 10.0 Å². The Hall–Kier alpha value is -1.66. The summed E-state index contributed by atoms with van der Waals surface area (Å²) in [6.45, 7) is 1.91. The van der Waals surface area contributed by atoms with E-state index in [9.17, 15) is 8.42 Å². The second kappa shape index (κ2) is 5.27. The third kappa shape index (κ3) is 3.01. The maximum atomic E-state index is 12.6. The molecule has 0 bridgehead atoms. The molecule has 112 valence electrons. The maximum Gasteiger partial charge on any atom is 0.242 e. The molecule has 0 amide bonds. The molecule has 0 spiro atoms. The number of benzene rings is 1. The van der Waals surface area contributed by atoms with Crippen molar-refractivity contribution in [1.29, 1.82) is 0 Å². The van der Waals surface area contributed by atoms with Gasteiger partial charge in [0.15, 0.2) is 0 Å². The summed E-state index contributed by atoms with van der Waals surface area (Å²) < 4.78 is 27.9. The number of hydrogen-bond donors (Lipinski definition) is 2. The monoisotopic (exact) mass is 305 g/mol. The smallest absolute Gasteiger partial charge is 0.242 e. The minimum Gasteiger partial charge on any atom is -0.398 e. The topological polar surface area (TPSA) is 85.1 Å². The molecule has 3 rings (SSSR count). The highest BCUT2D eigenvalue weighted by molar-refractivity contribution is 7.89. The molecule has 2 aromatic rings. The fourth-order valence-corrected chi connectivity index (χ4v) is 4.03. The number of sulfonamides is 1. The first-order valence-corrected chi connectivity index (χ1v) is 8.61. The van der Waals surface area contributed by atoms with Crippen LogP contribution in [0.4, 0.5) is 5.69 Å². The van der Waals surface area contributed by atoms with Crippen molar-refractivity contribution in [2.45, 2.75) is 37.1 Å². The summed E-state index contributed by atoms with van der Waals surface area (Å²) >= 11 is 0. The average Bonchev–Trinajstić information content (AvgIpc) is 3.22. The Morgan fingerprint density at radius 2 is 2.14 bits per heavy atom. The molecule has 1 heterocycles. The molecule has 1 saturated carbocycles. The molecule has 0 saturated heterocycles. The molecule has 21 heavy (non-hydrogen) atoms. The predicted molar refractivity (Wildman–Crippen MR) is 83.3 cm³/mol. The molecule has 1 aromatic heterocycles. The zero-order valence-electron chi connectivity index (χ0n) is 11.9. The number of nitrogen functional groups attached to an aromatic ring is 1. The molecule has 1 atom stereocenters. The van der Waals surface area contributed by atoms with Crippen LogP contribution in [0.3, 0.4) is 0 Å². The molecule has 0 radical (unpaired) electrons. The van der Waals surface area contributed by atoms with Crippen LogP contribution >= 0.6 is 0 Å². The van der Waals surface area contributed by atoms with E-state index in [0.717, 1.165) is 6.42 Å². The minimum atomic E-state index is -3.59. The Labute approximate surface area is 124 Å². The number of aromatic nitrogens is 1. The van der Waals surface area contributed by atoms with Crippen molar-refractivity contribution in [2.24, 2.45) is 5.92 Å². The molecule has 5 nitrogen and oxygen atoms in total. The van der Waals surface area contributed by atoms with Gasteiger partial charge in [-0.3, -0.25) is 4.98 Å². The highest BCUT2D eigenvalue weighted by atomic mass is 32.2. The zero-order chi connectivity index (χ0) is 15.0. The molecule has 1 aromatic carbocycles. The van der Waals surface area contributed by atoms with Gasteiger partial charge >= 0.3 is 0 Å². The van der Waals surface area contributed by atoms with E-state index in [-0.39, 0.29) is 10.9 Å². The van der Waals surface area contributed by atoms with Gasteiger partial charge in [-0.05, 0) is 43.5 Å². The van der Waals surface area contributed by atoms with Crippen LogP contribution in [0, 0.1) is 5.92 Å². The fourth-order valence-electron chi connectivity index (χ4n) is 2.62. The number of hydrogen-bond acceptors (Lipinski definition) is 4. The molecular formula is C15H19N3O2S. The zero-order valence-corrected chi connectivity index (χ0v) is 12.7. The highest BCUT2D eigenvalue weighted by Crippen LogP contribution is 2.34. The second-order valence-electron chi connectivity index (χ2n) is 5.75. The fraction of sp³-hybridized carbons (Fsp3) is 0.400. The van der Waals surface area contributed by atoms with Crippen molar-refractivity contribution in [3.63, 3.8) is 0 Å². The summed E-state index contributed by atoms with van der Waals surface area (Å²) in [5.41, 5.74) is 6.84. The van der Waals surface area contributed by atoms with Gasteiger partial charge in [0.05, 0.1) is 5.52 Å². The lowest BCUT2D eigenvalue weighted by Crippen LogP contribution is -2.33. The van der Waals surface area contributed by atoms with Crippen LogP contribution in [0.5, 0.6) is 0 Å². The molecule has 1 fully saturated rings. The van der Waals surface area contributed by atoms with E-state index in [1.165, 1.54) is 18.9 Å². The quantitative estimate of drug-likeness (QED) is 0.830. The summed E-state index contributed by atoms with van der Waals surface area (Å²) in [6, 6.07) is 6.60. The number of nitrogens with one attached hydrogen (secondary N) is 1. The first-order chi connectivity index (χ1) is 9.97. The van der Waals surface area contributed by atoms with Gasteiger partial charge in [-0.2, -0.15) is 0 Å². The van der Waals surface area contributed by atoms with Gasteiger partial charge in [0, 0.05) is 23.3 Å². The normalized spacial score (nSPS) is 17.0. The average molecular weight is 305 g/mol. The number of nitrogens with zero attached hydrogens (tertiary/aromatic N) is 1. The van der Waals surface area contributed by atoms with Crippen molar-refractivity contribution in [3.8, 4) is 0 Å². The lowest BCUT2D eigenvalue weighted by atomic mass is 10.2. The molecule has 1 aliphatic rings. The molecule has 3 N–H and O–H groups in total. The molecule has 1 aliphatic carbocycles. The van der Waals surface area contributed by atoms with Crippen molar-refractivity contribution in [3.05, 3.63) is 30.5 Å². The molecule has 0 aliphatic heterocycles. The van der Waals surface area contributed by atoms with Gasteiger partial charge in [0.1, 0.15) is 4.90 Å². The molecule has 1 unspecified atom stereocenters. The van der Waals surface area contributed by atoms with Gasteiger partial charge < -0.3 is 5.73 Å². The number of rotatable bonds is 5. The standard InChI is InChI=1S/C15H19N3O2S/c1-10(9-11-4-5-11)18-21(19,20)14-7-6-13(16)12-3-2-8-17-15(12)14/h2-3,6-8,10-11,18H,4-5,9,16H2,1H3. The van der Waals surface area contributed by atoms with Gasteiger partial charge in [-0.1, -0.05) is 12.8 Å². The van der Waals surface area contributed by atoms with Crippen LogP contribution in [0.25, 0.3) is 10.9 Å². The maximum absolute atomic E-state index is 12.6. The van der Waals surface area contributed by atoms with Crippen molar-refractivity contribution < 1.29 is 8.42 Å². The van der Waals surface area contributed by atoms with Crippen molar-refractivity contribution in [2.75, 3.05) is 5.73 Å². The third-order valence-corrected chi connectivity index (χ3v) is 5.42. The lowest BCUT2D eigenvalue weighted by molar-refractivity contribution is 0.530. The Kier molecular flexibility index (Phi) is 3.59. The summed E-state index contributed by atoms with van der Waals surface area (Å²) in [5, 5.41) is 0.662. The van der Waals surface area contributed by atoms with E-state index in [1.807, 2.05) is 6.92 Å². The Bertz CT molecular complexity index is 770. The van der Waals surface area contributed by atoms with Crippen LogP contribution in [-0.4, -0.2) is 19.4 Å². The van der Waals surface area contributed by atoms with Crippen LogP contribution < -0.4 is 10.5 Å². The first-order valence-electron chi connectivity index (χ1n) is 7.13. The second-order valence-corrected chi connectivity index (χ2v) is 7.44. The van der Waals surface area contributed by atoms with Crippen LogP contribution in [0.15, 0.2) is 35.4 Å². The van der Waals surface area contributed by atoms with Crippen LogP contribution in [0.1, 0.15) is 26.2 Å². The third-order valence-electron chi connectivity index (χ3n) is 3.80. The molecule has 6 heteroatoms. The summed E-state index contributed by atoms with van der Waals surface area (Å²) in [7, 11) is -3.59. The number of nitrogens with two attached hydrogens (primary N) is 1. The Balaban J connectivity index is 1.96. The van der Waals surface area contributed by atoms with Crippen LogP contribution in [0.2, 0.25) is 0 Å². The van der Waals surface area contributed by atoms with Crippen molar-refractivity contribution >= 4 is 26.6 Å². The Morgan fingerprint density at radius 3 is 2.86 bits per heavy atom. The largest absolute Gasteiger partial charge is 0.398 e. The number of pyridine rings is 1. The molecular weight excluding hydrogens is 286 g/mol. The Morgan fingerprint density at radius 1 is 1.38 bits per heavy atom. The van der Waals surface area contributed by atoms with E-state index in [1.54, 1.807) is 24.4 Å². The summed E-state index contributed by atoms with van der Waals surface area (Å²) in [5.74, 6) is 0.670. The first kappa shape index (κ1) is 14.3. The number of fused-ring (bicyclic) bond motifs is 1. The summed E-state index contributed by atoms with van der Waals surface area (Å²) in [6.07, 6.45) is 4.88. The van der Waals surface area contributed by atoms with Gasteiger partial charge in [-0.15, -0.1) is 0 Å². The van der Waals surface area contributed by atoms with Gasteiger partial charge in [-0.25, -0.2) is 13.1 Å². The van der Waals surface area contributed by atoms with Gasteiger partial charge in [0.25, 0.3) is 0 Å². The highest BCUT2D eigenvalue weighted by Gasteiger charge is 2.27. The lowest BCUT2D eigenvalue weighted by Gasteiger charge is -2.15. The van der Waals surface area contributed by atoms with E-state index in [0.29, 0.717) is 22.5 Å². The van der Waals surface area contributed by atoms with E-state index in [4.69, 9.17) is 5.73 Å².